The van der Waals surface area contributed by atoms with Crippen molar-refractivity contribution in [2.24, 2.45) is 0 Å². The Morgan fingerprint density at radius 3 is 2.80 bits per heavy atom. The molecular weight excluding hydrogens is 286 g/mol. The largest absolute Gasteiger partial charge is 0.480 e. The van der Waals surface area contributed by atoms with Gasteiger partial charge in [-0.05, 0) is 18.2 Å². The fraction of sp³-hybridized carbons (Fsp3) is 0.250. The highest BCUT2D eigenvalue weighted by Gasteiger charge is 2.04. The average Bonchev–Trinajstić information content (AvgIpc) is 2.38. The van der Waals surface area contributed by atoms with Gasteiger partial charge in [-0.25, -0.2) is 9.59 Å². The number of benzene rings is 1. The second-order valence-corrected chi connectivity index (χ2v) is 4.04. The first-order valence-electron chi connectivity index (χ1n) is 5.57. The van der Waals surface area contributed by atoms with Crippen molar-refractivity contribution in [2.75, 3.05) is 25.1 Å². The maximum atomic E-state index is 11.5. The Labute approximate surface area is 120 Å². The van der Waals surface area contributed by atoms with Gasteiger partial charge in [-0.2, -0.15) is 5.26 Å². The van der Waals surface area contributed by atoms with Crippen molar-refractivity contribution in [1.82, 2.24) is 5.32 Å². The van der Waals surface area contributed by atoms with Crippen LogP contribution in [0.25, 0.3) is 0 Å². The van der Waals surface area contributed by atoms with E-state index in [1.54, 1.807) is 6.07 Å². The van der Waals surface area contributed by atoms with E-state index >= 15 is 0 Å². The molecule has 0 bridgehead atoms. The molecule has 0 atom stereocenters. The first kappa shape index (κ1) is 15.8. The molecule has 0 aliphatic carbocycles. The molecule has 1 rings (SSSR count). The normalized spacial score (nSPS) is 9.60. The number of nitriles is 1. The quantitative estimate of drug-likeness (QED) is 0.688. The number of nitrogens with one attached hydrogen (secondary N) is 2. The number of rotatable bonds is 6. The third-order valence-corrected chi connectivity index (χ3v) is 2.42. The monoisotopic (exact) mass is 297 g/mol. The zero-order chi connectivity index (χ0) is 15.0. The molecule has 0 saturated heterocycles. The molecule has 0 unspecified atom stereocenters. The zero-order valence-electron chi connectivity index (χ0n) is 10.4. The Balaban J connectivity index is 2.34. The van der Waals surface area contributed by atoms with Crippen LogP contribution in [-0.2, 0) is 9.53 Å². The van der Waals surface area contributed by atoms with E-state index in [2.05, 4.69) is 10.6 Å². The van der Waals surface area contributed by atoms with E-state index in [0.717, 1.165) is 0 Å². The van der Waals surface area contributed by atoms with Crippen molar-refractivity contribution >= 4 is 29.3 Å². The number of aliphatic carboxylic acids is 1. The van der Waals surface area contributed by atoms with Gasteiger partial charge in [-0.3, -0.25) is 0 Å². The molecule has 7 nitrogen and oxygen atoms in total. The molecular formula is C12H12ClN3O4. The van der Waals surface area contributed by atoms with E-state index < -0.39 is 18.6 Å². The van der Waals surface area contributed by atoms with Crippen LogP contribution in [0.2, 0.25) is 5.02 Å². The van der Waals surface area contributed by atoms with Crippen LogP contribution in [0, 0.1) is 11.3 Å². The SMILES string of the molecule is N#Cc1ccc(NC(=O)NCCOCC(=O)O)cc1Cl. The molecule has 2 amide bonds. The molecule has 8 heteroatoms. The summed E-state index contributed by atoms with van der Waals surface area (Å²) in [6.45, 7) is -0.147. The number of hydrogen-bond donors (Lipinski definition) is 3. The number of amides is 2. The molecule has 0 radical (unpaired) electrons. The highest BCUT2D eigenvalue weighted by molar-refractivity contribution is 6.32. The van der Waals surface area contributed by atoms with Gasteiger partial charge >= 0.3 is 12.0 Å². The predicted octanol–water partition coefficient (Wildman–Crippen LogP) is 1.43. The van der Waals surface area contributed by atoms with E-state index in [-0.39, 0.29) is 18.2 Å². The number of hydrogen-bond acceptors (Lipinski definition) is 4. The lowest BCUT2D eigenvalue weighted by atomic mass is 10.2. The topological polar surface area (TPSA) is 111 Å². The number of ether oxygens (including phenoxy) is 1. The predicted molar refractivity (Wildman–Crippen MR) is 71.6 cm³/mol. The summed E-state index contributed by atoms with van der Waals surface area (Å²) >= 11 is 5.82. The highest BCUT2D eigenvalue weighted by Crippen LogP contribution is 2.19. The number of carboxylic acid groups (broad SMARTS) is 1. The molecule has 3 N–H and O–H groups in total. The molecule has 0 aliphatic rings. The smallest absolute Gasteiger partial charge is 0.329 e. The van der Waals surface area contributed by atoms with Gasteiger partial charge in [0.2, 0.25) is 0 Å². The van der Waals surface area contributed by atoms with Crippen molar-refractivity contribution in [3.63, 3.8) is 0 Å². The summed E-state index contributed by atoms with van der Waals surface area (Å²) in [4.78, 5) is 21.6. The summed E-state index contributed by atoms with van der Waals surface area (Å²) < 4.78 is 4.75. The minimum Gasteiger partial charge on any atom is -0.480 e. The van der Waals surface area contributed by atoms with Gasteiger partial charge in [0.15, 0.2) is 0 Å². The summed E-state index contributed by atoms with van der Waals surface area (Å²) in [6, 6.07) is 5.93. The van der Waals surface area contributed by atoms with Crippen molar-refractivity contribution in [3.8, 4) is 6.07 Å². The van der Waals surface area contributed by atoms with Crippen molar-refractivity contribution in [1.29, 1.82) is 5.26 Å². The van der Waals surface area contributed by atoms with E-state index in [0.29, 0.717) is 11.3 Å². The Morgan fingerprint density at radius 2 is 2.20 bits per heavy atom. The van der Waals surface area contributed by atoms with Crippen LogP contribution in [0.15, 0.2) is 18.2 Å². The second kappa shape index (κ2) is 7.99. The van der Waals surface area contributed by atoms with Gasteiger partial charge in [0.05, 0.1) is 17.2 Å². The molecule has 0 heterocycles. The first-order chi connectivity index (χ1) is 9.52. The summed E-state index contributed by atoms with van der Waals surface area (Å²) in [5.74, 6) is -1.07. The van der Waals surface area contributed by atoms with Crippen LogP contribution in [-0.4, -0.2) is 36.9 Å². The standard InChI is InChI=1S/C12H12ClN3O4/c13-10-5-9(2-1-8(10)6-14)16-12(19)15-3-4-20-7-11(17)18/h1-2,5H,3-4,7H2,(H,17,18)(H2,15,16,19). The summed E-state index contributed by atoms with van der Waals surface area (Å²) in [6.07, 6.45) is 0. The fourth-order valence-corrected chi connectivity index (χ4v) is 1.48. The van der Waals surface area contributed by atoms with Crippen LogP contribution in [0.3, 0.4) is 0 Å². The van der Waals surface area contributed by atoms with Gasteiger partial charge in [0.1, 0.15) is 12.7 Å². The number of carbonyl (C=O) groups excluding carboxylic acids is 1. The van der Waals surface area contributed by atoms with Crippen LogP contribution >= 0.6 is 11.6 Å². The molecule has 0 aliphatic heterocycles. The molecule has 0 aromatic heterocycles. The van der Waals surface area contributed by atoms with Crippen LogP contribution in [0.1, 0.15) is 5.56 Å². The van der Waals surface area contributed by atoms with Crippen LogP contribution in [0.5, 0.6) is 0 Å². The van der Waals surface area contributed by atoms with E-state index in [4.69, 9.17) is 26.7 Å². The van der Waals surface area contributed by atoms with Gasteiger partial charge in [-0.1, -0.05) is 11.6 Å². The highest BCUT2D eigenvalue weighted by atomic mass is 35.5. The van der Waals surface area contributed by atoms with Crippen molar-refractivity contribution in [2.45, 2.75) is 0 Å². The Kier molecular flexibility index (Phi) is 6.29. The molecule has 1 aromatic carbocycles. The Hall–Kier alpha value is -2.30. The first-order valence-corrected chi connectivity index (χ1v) is 5.94. The minimum absolute atomic E-state index is 0.0911. The molecule has 0 fully saturated rings. The molecule has 1 aromatic rings. The van der Waals surface area contributed by atoms with E-state index in [1.807, 2.05) is 6.07 Å². The molecule has 0 saturated carbocycles. The summed E-state index contributed by atoms with van der Waals surface area (Å²) in [5, 5.41) is 22.3. The van der Waals surface area contributed by atoms with Gasteiger partial charge in [0, 0.05) is 12.2 Å². The lowest BCUT2D eigenvalue weighted by Gasteiger charge is -2.08. The fourth-order valence-electron chi connectivity index (χ4n) is 1.26. The lowest BCUT2D eigenvalue weighted by Crippen LogP contribution is -2.32. The zero-order valence-corrected chi connectivity index (χ0v) is 11.1. The maximum absolute atomic E-state index is 11.5. The molecule has 0 spiro atoms. The number of halogens is 1. The van der Waals surface area contributed by atoms with E-state index in [1.165, 1.54) is 12.1 Å². The van der Waals surface area contributed by atoms with Gasteiger partial charge < -0.3 is 20.5 Å². The van der Waals surface area contributed by atoms with Crippen molar-refractivity contribution in [3.05, 3.63) is 28.8 Å². The third kappa shape index (κ3) is 5.56. The number of carboxylic acids is 1. The Bertz CT molecular complexity index is 542. The van der Waals surface area contributed by atoms with Crippen molar-refractivity contribution < 1.29 is 19.4 Å². The summed E-state index contributed by atoms with van der Waals surface area (Å²) in [7, 11) is 0. The van der Waals surface area contributed by atoms with Gasteiger partial charge in [0.25, 0.3) is 0 Å². The Morgan fingerprint density at radius 1 is 1.45 bits per heavy atom. The third-order valence-electron chi connectivity index (χ3n) is 2.10. The average molecular weight is 298 g/mol. The second-order valence-electron chi connectivity index (χ2n) is 3.63. The molecule has 106 valence electrons. The number of urea groups is 1. The molecule has 20 heavy (non-hydrogen) atoms. The van der Waals surface area contributed by atoms with Gasteiger partial charge in [-0.15, -0.1) is 0 Å². The number of nitrogens with zero attached hydrogens (tertiary/aromatic N) is 1. The van der Waals surface area contributed by atoms with Crippen LogP contribution < -0.4 is 10.6 Å². The summed E-state index contributed by atoms with van der Waals surface area (Å²) in [5.41, 5.74) is 0.762. The lowest BCUT2D eigenvalue weighted by molar-refractivity contribution is -0.142. The number of carbonyl (C=O) groups is 2. The van der Waals surface area contributed by atoms with Crippen LogP contribution in [0.4, 0.5) is 10.5 Å². The maximum Gasteiger partial charge on any atom is 0.329 e. The van der Waals surface area contributed by atoms with E-state index in [9.17, 15) is 9.59 Å². The number of anilines is 1. The minimum atomic E-state index is -1.07.